The SMILES string of the molecule is O=C(COc1ccc(I)cc1)OC1CN(CCF)C[N+]1([O-])c1ncc(Br)s1. The van der Waals surface area contributed by atoms with Gasteiger partial charge in [0.1, 0.15) is 19.1 Å². The number of esters is 1. The Bertz CT molecular complexity index is 796. The molecular formula is C16H16BrFIN3O4S. The van der Waals surface area contributed by atoms with Crippen LogP contribution in [-0.4, -0.2) is 55.1 Å². The van der Waals surface area contributed by atoms with E-state index >= 15 is 0 Å². The van der Waals surface area contributed by atoms with Crippen LogP contribution in [0.2, 0.25) is 0 Å². The number of halogens is 3. The van der Waals surface area contributed by atoms with Gasteiger partial charge in [0.05, 0.1) is 16.5 Å². The zero-order valence-corrected chi connectivity index (χ0v) is 18.6. The summed E-state index contributed by atoms with van der Waals surface area (Å²) in [4.78, 5) is 17.9. The van der Waals surface area contributed by atoms with E-state index in [1.54, 1.807) is 17.0 Å². The van der Waals surface area contributed by atoms with E-state index in [0.29, 0.717) is 9.54 Å². The number of hydrogen-bond acceptors (Lipinski definition) is 7. The molecule has 1 saturated heterocycles. The minimum atomic E-state index is -1.03. The van der Waals surface area contributed by atoms with Crippen LogP contribution >= 0.6 is 49.9 Å². The average Bonchev–Trinajstić information content (AvgIpc) is 3.20. The molecule has 11 heteroatoms. The maximum Gasteiger partial charge on any atom is 0.348 e. The van der Waals surface area contributed by atoms with E-state index in [0.717, 1.165) is 3.57 Å². The van der Waals surface area contributed by atoms with Crippen molar-refractivity contribution in [2.75, 3.05) is 33.0 Å². The van der Waals surface area contributed by atoms with Crippen LogP contribution in [0, 0.1) is 8.78 Å². The van der Waals surface area contributed by atoms with Crippen LogP contribution in [0.5, 0.6) is 5.75 Å². The van der Waals surface area contributed by atoms with Crippen molar-refractivity contribution in [1.29, 1.82) is 0 Å². The molecule has 7 nitrogen and oxygen atoms in total. The molecule has 27 heavy (non-hydrogen) atoms. The average molecular weight is 572 g/mol. The number of rotatable bonds is 7. The second-order valence-electron chi connectivity index (χ2n) is 5.84. The van der Waals surface area contributed by atoms with Gasteiger partial charge < -0.3 is 14.7 Å². The maximum atomic E-state index is 13.4. The van der Waals surface area contributed by atoms with Crippen molar-refractivity contribution in [2.45, 2.75) is 6.23 Å². The van der Waals surface area contributed by atoms with E-state index < -0.39 is 23.5 Å². The standard InChI is InChI=1S/C16H16BrFIN3O4S/c17-13-7-20-16(27-13)22(24)10-21(6-5-18)8-14(22)26-15(23)9-25-12-3-1-11(19)2-4-12/h1-4,7,14H,5-6,8-10H2. The molecular weight excluding hydrogens is 556 g/mol. The maximum absolute atomic E-state index is 13.4. The van der Waals surface area contributed by atoms with Crippen molar-refractivity contribution in [1.82, 2.24) is 14.5 Å². The Morgan fingerprint density at radius 2 is 2.22 bits per heavy atom. The summed E-state index contributed by atoms with van der Waals surface area (Å²) in [6.07, 6.45) is 0.497. The lowest BCUT2D eigenvalue weighted by Gasteiger charge is -2.38. The number of alkyl halides is 1. The summed E-state index contributed by atoms with van der Waals surface area (Å²) in [6.45, 7) is -0.693. The van der Waals surface area contributed by atoms with Gasteiger partial charge in [0.25, 0.3) is 11.4 Å². The summed E-state index contributed by atoms with van der Waals surface area (Å²) >= 11 is 6.62. The number of hydroxylamine groups is 2. The molecule has 3 rings (SSSR count). The first-order chi connectivity index (χ1) is 12.9. The Labute approximate surface area is 181 Å². The lowest BCUT2D eigenvalue weighted by Crippen LogP contribution is -2.51. The minimum absolute atomic E-state index is 0.0280. The van der Waals surface area contributed by atoms with Gasteiger partial charge in [-0.15, -0.1) is 0 Å². The van der Waals surface area contributed by atoms with Crippen LogP contribution in [-0.2, 0) is 9.53 Å². The Kier molecular flexibility index (Phi) is 7.03. The highest BCUT2D eigenvalue weighted by Gasteiger charge is 2.46. The summed E-state index contributed by atoms with van der Waals surface area (Å²) in [7, 11) is 0. The largest absolute Gasteiger partial charge is 0.622 e. The second-order valence-corrected chi connectivity index (χ2v) is 9.47. The molecule has 2 aromatic rings. The molecule has 0 spiro atoms. The molecule has 1 aromatic carbocycles. The summed E-state index contributed by atoms with van der Waals surface area (Å²) in [5.41, 5.74) is 0. The van der Waals surface area contributed by atoms with Gasteiger partial charge in [-0.2, -0.15) is 4.98 Å². The molecule has 1 aliphatic heterocycles. The molecule has 146 valence electrons. The molecule has 0 saturated carbocycles. The Balaban J connectivity index is 1.66. The molecule has 0 amide bonds. The lowest BCUT2D eigenvalue weighted by atomic mass is 10.3. The monoisotopic (exact) mass is 571 g/mol. The Hall–Kier alpha value is -0.860. The fraction of sp³-hybridized carbons (Fsp3) is 0.375. The third-order valence-electron chi connectivity index (χ3n) is 3.92. The first-order valence-electron chi connectivity index (χ1n) is 7.97. The Morgan fingerprint density at radius 1 is 1.48 bits per heavy atom. The quantitative estimate of drug-likeness (QED) is 0.219. The van der Waals surface area contributed by atoms with Crippen molar-refractivity contribution in [3.8, 4) is 5.75 Å². The molecule has 2 heterocycles. The van der Waals surface area contributed by atoms with Gasteiger partial charge in [0.2, 0.25) is 0 Å². The van der Waals surface area contributed by atoms with Crippen LogP contribution in [0.25, 0.3) is 0 Å². The van der Waals surface area contributed by atoms with E-state index in [2.05, 4.69) is 43.5 Å². The molecule has 0 bridgehead atoms. The molecule has 1 fully saturated rings. The predicted molar refractivity (Wildman–Crippen MR) is 112 cm³/mol. The van der Waals surface area contributed by atoms with Gasteiger partial charge in [0, 0.05) is 10.1 Å². The summed E-state index contributed by atoms with van der Waals surface area (Å²) in [5.74, 6) is -0.126. The van der Waals surface area contributed by atoms with Crippen molar-refractivity contribution in [3.05, 3.63) is 43.0 Å². The Morgan fingerprint density at radius 3 is 2.85 bits per heavy atom. The van der Waals surface area contributed by atoms with E-state index in [4.69, 9.17) is 9.47 Å². The van der Waals surface area contributed by atoms with Gasteiger partial charge >= 0.3 is 5.97 Å². The van der Waals surface area contributed by atoms with Crippen LogP contribution in [0.4, 0.5) is 9.52 Å². The van der Waals surface area contributed by atoms with Gasteiger partial charge in [-0.1, -0.05) is 0 Å². The zero-order chi connectivity index (χ0) is 19.4. The number of quaternary nitrogens is 1. The van der Waals surface area contributed by atoms with Crippen molar-refractivity contribution >= 4 is 61.0 Å². The fourth-order valence-electron chi connectivity index (χ4n) is 2.67. The topological polar surface area (TPSA) is 74.7 Å². The van der Waals surface area contributed by atoms with Gasteiger partial charge in [-0.3, -0.25) is 4.65 Å². The third kappa shape index (κ3) is 5.15. The highest BCUT2D eigenvalue weighted by molar-refractivity contribution is 14.1. The zero-order valence-electron chi connectivity index (χ0n) is 14.0. The van der Waals surface area contributed by atoms with Crippen molar-refractivity contribution in [3.63, 3.8) is 0 Å². The fourth-order valence-corrected chi connectivity index (χ4v) is 4.28. The lowest BCUT2D eigenvalue weighted by molar-refractivity contribution is -0.155. The van der Waals surface area contributed by atoms with Crippen molar-refractivity contribution in [2.24, 2.45) is 0 Å². The predicted octanol–water partition coefficient (Wildman–Crippen LogP) is 3.51. The number of carbonyl (C=O) groups is 1. The van der Waals surface area contributed by atoms with E-state index in [9.17, 15) is 14.4 Å². The van der Waals surface area contributed by atoms with Crippen LogP contribution in [0.15, 0.2) is 34.2 Å². The van der Waals surface area contributed by atoms with Crippen LogP contribution in [0.1, 0.15) is 0 Å². The molecule has 0 radical (unpaired) electrons. The number of carbonyl (C=O) groups excluding carboxylic acids is 1. The number of thiazole rings is 1. The summed E-state index contributed by atoms with van der Waals surface area (Å²) < 4.78 is 24.3. The van der Waals surface area contributed by atoms with E-state index in [1.807, 2.05) is 12.1 Å². The molecule has 0 N–H and O–H groups in total. The summed E-state index contributed by atoms with van der Waals surface area (Å²) in [5, 5.41) is 13.6. The molecule has 2 atom stereocenters. The van der Waals surface area contributed by atoms with E-state index in [1.165, 1.54) is 17.5 Å². The number of hydrogen-bond donors (Lipinski definition) is 0. The molecule has 0 aliphatic carbocycles. The first-order valence-corrected chi connectivity index (χ1v) is 10.7. The molecule has 2 unspecified atom stereocenters. The first kappa shape index (κ1) is 20.9. The minimum Gasteiger partial charge on any atom is -0.622 e. The van der Waals surface area contributed by atoms with Gasteiger partial charge in [-0.05, 0) is 74.1 Å². The number of benzene rings is 1. The highest BCUT2D eigenvalue weighted by atomic mass is 127. The number of ether oxygens (including phenoxy) is 2. The van der Waals surface area contributed by atoms with Gasteiger partial charge in [-0.25, -0.2) is 14.1 Å². The van der Waals surface area contributed by atoms with E-state index in [-0.39, 0.29) is 31.5 Å². The van der Waals surface area contributed by atoms with Crippen molar-refractivity contribution < 1.29 is 18.7 Å². The van der Waals surface area contributed by atoms with Crippen LogP contribution in [0.3, 0.4) is 0 Å². The molecule has 1 aliphatic rings. The third-order valence-corrected chi connectivity index (χ3v) is 6.22. The number of aromatic nitrogens is 1. The second kappa shape index (κ2) is 9.09. The summed E-state index contributed by atoms with van der Waals surface area (Å²) in [6, 6.07) is 7.20. The smallest absolute Gasteiger partial charge is 0.348 e. The normalized spacial score (nSPS) is 22.7. The highest BCUT2D eigenvalue weighted by Crippen LogP contribution is 2.36. The van der Waals surface area contributed by atoms with Crippen LogP contribution < -0.4 is 9.38 Å². The number of nitrogens with zero attached hydrogens (tertiary/aromatic N) is 3. The molecule has 1 aromatic heterocycles. The van der Waals surface area contributed by atoms with Gasteiger partial charge in [0.15, 0.2) is 6.61 Å².